The quantitative estimate of drug-likeness (QED) is 0.214. The molecule has 6 rings (SSSR count). The van der Waals surface area contributed by atoms with Crippen LogP contribution in [0.15, 0.2) is 54.6 Å². The Kier molecular flexibility index (Phi) is 11.1. The number of likely N-dealkylation sites (tertiary alicyclic amines) is 1. The number of amides is 4. The zero-order chi connectivity index (χ0) is 38.9. The monoisotopic (exact) mass is 763 g/mol. The van der Waals surface area contributed by atoms with E-state index >= 15 is 0 Å². The zero-order valence-electron chi connectivity index (χ0n) is 31.5. The van der Waals surface area contributed by atoms with Gasteiger partial charge in [0, 0.05) is 29.5 Å². The molecular formula is C39H49N5O9S. The number of aromatic nitrogens is 1. The number of ether oxygens (including phenoxy) is 3. The van der Waals surface area contributed by atoms with Crippen LogP contribution < -0.4 is 24.8 Å². The number of alkyl carbamates (subject to hydrolysis) is 1. The van der Waals surface area contributed by atoms with Crippen LogP contribution >= 0.6 is 0 Å². The van der Waals surface area contributed by atoms with Gasteiger partial charge in [-0.05, 0) is 57.1 Å². The van der Waals surface area contributed by atoms with Gasteiger partial charge in [-0.1, -0.05) is 57.5 Å². The molecule has 1 aromatic heterocycles. The second-order valence-electron chi connectivity index (χ2n) is 15.0. The van der Waals surface area contributed by atoms with Gasteiger partial charge in [0.2, 0.25) is 21.8 Å². The molecule has 3 N–H and O–H groups in total. The van der Waals surface area contributed by atoms with Crippen molar-refractivity contribution >= 4 is 44.7 Å². The number of fused-ring (bicyclic) bond motifs is 1. The molecule has 0 unspecified atom stereocenters. The van der Waals surface area contributed by atoms with Gasteiger partial charge in [0.15, 0.2) is 0 Å². The van der Waals surface area contributed by atoms with Crippen molar-refractivity contribution in [2.75, 3.05) is 13.7 Å². The van der Waals surface area contributed by atoms with Crippen LogP contribution in [0.2, 0.25) is 0 Å². The van der Waals surface area contributed by atoms with E-state index in [2.05, 4.69) is 15.4 Å². The molecule has 3 fully saturated rings. The molecule has 2 saturated carbocycles. The molecule has 54 heavy (non-hydrogen) atoms. The van der Waals surface area contributed by atoms with Crippen molar-refractivity contribution in [3.63, 3.8) is 0 Å². The summed E-state index contributed by atoms with van der Waals surface area (Å²) in [5.41, 5.74) is 0.678. The van der Waals surface area contributed by atoms with Crippen LogP contribution in [0.25, 0.3) is 22.2 Å². The average Bonchev–Trinajstić information content (AvgIpc) is 4.06. The Labute approximate surface area is 315 Å². The predicted molar refractivity (Wildman–Crippen MR) is 201 cm³/mol. The van der Waals surface area contributed by atoms with Crippen molar-refractivity contribution in [3.8, 4) is 22.8 Å². The molecule has 14 nitrogen and oxygen atoms in total. The topological polar surface area (TPSA) is 182 Å². The lowest BCUT2D eigenvalue weighted by molar-refractivity contribution is -0.141. The molecule has 4 amide bonds. The minimum absolute atomic E-state index is 0.0197. The number of hydrogen-bond donors (Lipinski definition) is 3. The number of benzene rings is 2. The Bertz CT molecular complexity index is 2020. The van der Waals surface area contributed by atoms with Crippen LogP contribution in [0, 0.1) is 11.8 Å². The normalized spacial score (nSPS) is 22.8. The largest absolute Gasteiger partial charge is 0.497 e. The molecule has 15 heteroatoms. The maximum atomic E-state index is 14.4. The summed E-state index contributed by atoms with van der Waals surface area (Å²) >= 11 is 0. The summed E-state index contributed by atoms with van der Waals surface area (Å²) in [6.45, 7) is 8.78. The highest BCUT2D eigenvalue weighted by Crippen LogP contribution is 2.47. The number of carbonyl (C=O) groups excluding carboxylic acids is 4. The number of nitrogens with zero attached hydrogens (tertiary/aromatic N) is 2. The third kappa shape index (κ3) is 8.25. The lowest BCUT2D eigenvalue weighted by Crippen LogP contribution is -2.59. The molecule has 5 atom stereocenters. The zero-order valence-corrected chi connectivity index (χ0v) is 32.3. The fourth-order valence-electron chi connectivity index (χ4n) is 7.07. The molecule has 0 spiro atoms. The standard InChI is InChI=1S/C39H49N5O9S/c1-7-25-20-39(25,37(47)43-54(49,50)28-14-15-28)42-35(45)32-18-27(21-44(32)36(46)34(22(2)3)41-38(48)52-23(4)5)53-33-19-30(24-11-9-8-10-12-24)40-31-17-26(51-6)13-16-29(31)33/h8-13,16-17,19,22-23,25,27-28,32,34H,7,14-15,18,20-21H2,1-6H3,(H,41,48)(H,42,45)(H,43,47)/t25-,27-,32+,34+,39-/m1/s1. The Morgan fingerprint density at radius 1 is 1.02 bits per heavy atom. The van der Waals surface area contributed by atoms with Crippen molar-refractivity contribution in [2.45, 2.75) is 102 Å². The fourth-order valence-corrected chi connectivity index (χ4v) is 8.44. The second-order valence-corrected chi connectivity index (χ2v) is 17.0. The number of rotatable bonds is 14. The minimum atomic E-state index is -3.87. The predicted octanol–water partition coefficient (Wildman–Crippen LogP) is 4.31. The smallest absolute Gasteiger partial charge is 0.408 e. The van der Waals surface area contributed by atoms with Crippen molar-refractivity contribution in [3.05, 3.63) is 54.6 Å². The van der Waals surface area contributed by atoms with E-state index in [1.165, 1.54) is 4.90 Å². The Hall–Kier alpha value is -4.92. The number of methoxy groups -OCH3 is 1. The van der Waals surface area contributed by atoms with Crippen molar-refractivity contribution in [1.82, 2.24) is 25.2 Å². The van der Waals surface area contributed by atoms with Gasteiger partial charge in [-0.15, -0.1) is 0 Å². The summed E-state index contributed by atoms with van der Waals surface area (Å²) in [6.07, 6.45) is -0.112. The first-order valence-corrected chi connectivity index (χ1v) is 20.1. The highest BCUT2D eigenvalue weighted by Gasteiger charge is 2.62. The molecule has 2 aliphatic carbocycles. The van der Waals surface area contributed by atoms with Crippen LogP contribution in [0.1, 0.15) is 66.7 Å². The third-order valence-corrected chi connectivity index (χ3v) is 12.1. The number of carbonyl (C=O) groups is 4. The van der Waals surface area contributed by atoms with Gasteiger partial charge in [0.05, 0.1) is 36.2 Å². The molecule has 3 aromatic rings. The third-order valence-electron chi connectivity index (χ3n) is 10.3. The van der Waals surface area contributed by atoms with Crippen LogP contribution in [0.5, 0.6) is 11.5 Å². The van der Waals surface area contributed by atoms with Crippen LogP contribution in [0.3, 0.4) is 0 Å². The van der Waals surface area contributed by atoms with Crippen LogP contribution in [0.4, 0.5) is 4.79 Å². The van der Waals surface area contributed by atoms with E-state index in [0.29, 0.717) is 47.4 Å². The summed E-state index contributed by atoms with van der Waals surface area (Å²) in [5, 5.41) is 5.61. The maximum Gasteiger partial charge on any atom is 0.408 e. The molecular weight excluding hydrogens is 715 g/mol. The maximum absolute atomic E-state index is 14.4. The molecule has 3 aliphatic rings. The van der Waals surface area contributed by atoms with Crippen LogP contribution in [-0.2, 0) is 29.1 Å². The summed E-state index contributed by atoms with van der Waals surface area (Å²) in [4.78, 5) is 61.2. The molecule has 290 valence electrons. The second kappa shape index (κ2) is 15.4. The van der Waals surface area contributed by atoms with E-state index in [1.807, 2.05) is 49.4 Å². The fraction of sp³-hybridized carbons (Fsp3) is 0.513. The number of sulfonamides is 1. The van der Waals surface area contributed by atoms with Gasteiger partial charge in [-0.25, -0.2) is 18.2 Å². The number of pyridine rings is 1. The minimum Gasteiger partial charge on any atom is -0.497 e. The Balaban J connectivity index is 1.32. The average molecular weight is 764 g/mol. The molecule has 0 radical (unpaired) electrons. The lowest BCUT2D eigenvalue weighted by Gasteiger charge is -2.31. The molecule has 1 saturated heterocycles. The number of hydrogen-bond acceptors (Lipinski definition) is 10. The SMILES string of the molecule is CC[C@@H]1C[C@]1(NC(=O)[C@@H]1C[C@@H](Oc2cc(-c3ccccc3)nc3cc(OC)ccc23)CN1C(=O)[C@@H](NC(=O)OC(C)C)C(C)C)C(=O)NS(=O)(=O)C1CC1. The summed E-state index contributed by atoms with van der Waals surface area (Å²) in [6, 6.07) is 14.7. The van der Waals surface area contributed by atoms with Gasteiger partial charge >= 0.3 is 6.09 Å². The van der Waals surface area contributed by atoms with Crippen molar-refractivity contribution in [2.24, 2.45) is 11.8 Å². The van der Waals surface area contributed by atoms with Gasteiger partial charge in [-0.2, -0.15) is 0 Å². The summed E-state index contributed by atoms with van der Waals surface area (Å²) < 4.78 is 45.1. The first-order chi connectivity index (χ1) is 25.6. The van der Waals surface area contributed by atoms with E-state index in [4.69, 9.17) is 19.2 Å². The van der Waals surface area contributed by atoms with E-state index in [0.717, 1.165) is 5.56 Å². The van der Waals surface area contributed by atoms with Gasteiger partial charge in [0.25, 0.3) is 5.91 Å². The van der Waals surface area contributed by atoms with Gasteiger partial charge < -0.3 is 29.7 Å². The van der Waals surface area contributed by atoms with Crippen LogP contribution in [-0.4, -0.2) is 90.9 Å². The first-order valence-electron chi connectivity index (χ1n) is 18.5. The lowest BCUT2D eigenvalue weighted by atomic mass is 10.0. The Morgan fingerprint density at radius 3 is 2.35 bits per heavy atom. The highest BCUT2D eigenvalue weighted by molar-refractivity contribution is 7.91. The highest BCUT2D eigenvalue weighted by atomic mass is 32.2. The van der Waals surface area contributed by atoms with E-state index in [9.17, 15) is 27.6 Å². The summed E-state index contributed by atoms with van der Waals surface area (Å²) in [7, 11) is -2.30. The van der Waals surface area contributed by atoms with Crippen molar-refractivity contribution in [1.29, 1.82) is 0 Å². The van der Waals surface area contributed by atoms with Gasteiger partial charge in [0.1, 0.15) is 35.2 Å². The van der Waals surface area contributed by atoms with E-state index in [-0.39, 0.29) is 31.2 Å². The molecule has 1 aliphatic heterocycles. The Morgan fingerprint density at radius 2 is 1.74 bits per heavy atom. The molecule has 0 bridgehead atoms. The number of nitrogens with one attached hydrogen (secondary N) is 3. The molecule has 2 heterocycles. The van der Waals surface area contributed by atoms with E-state index in [1.54, 1.807) is 46.9 Å². The van der Waals surface area contributed by atoms with Gasteiger partial charge in [-0.3, -0.25) is 19.1 Å². The van der Waals surface area contributed by atoms with E-state index < -0.39 is 68.9 Å². The first kappa shape index (κ1) is 38.8. The molecule has 2 aromatic carbocycles. The summed E-state index contributed by atoms with van der Waals surface area (Å²) in [5.74, 6) is -1.50. The van der Waals surface area contributed by atoms with Crippen molar-refractivity contribution < 1.29 is 41.8 Å².